The third-order valence-electron chi connectivity index (χ3n) is 3.54. The van der Waals surface area contributed by atoms with Crippen LogP contribution >= 0.6 is 0 Å². The number of esters is 1. The molecule has 0 unspecified atom stereocenters. The second kappa shape index (κ2) is 6.64. The number of hydrogen-bond donors (Lipinski definition) is 1. The van der Waals surface area contributed by atoms with Crippen LogP contribution in [0, 0.1) is 5.82 Å². The van der Waals surface area contributed by atoms with Gasteiger partial charge in [-0.25, -0.2) is 9.18 Å². The van der Waals surface area contributed by atoms with E-state index >= 15 is 0 Å². The molecule has 0 aliphatic carbocycles. The Morgan fingerprint density at radius 3 is 2.91 bits per heavy atom. The van der Waals surface area contributed by atoms with Crippen molar-refractivity contribution >= 4 is 11.7 Å². The average Bonchev–Trinajstić information content (AvgIpc) is 2.85. The van der Waals surface area contributed by atoms with Crippen LogP contribution in [0.2, 0.25) is 0 Å². The van der Waals surface area contributed by atoms with E-state index in [4.69, 9.17) is 9.47 Å². The third kappa shape index (κ3) is 3.77. The number of ether oxygens (including phenoxy) is 2. The molecule has 1 aromatic heterocycles. The summed E-state index contributed by atoms with van der Waals surface area (Å²) in [6.07, 6.45) is 2.10. The van der Waals surface area contributed by atoms with Gasteiger partial charge in [-0.1, -0.05) is 6.07 Å². The molecule has 0 amide bonds. The zero-order valence-electron chi connectivity index (χ0n) is 12.7. The molecule has 0 bridgehead atoms. The van der Waals surface area contributed by atoms with Gasteiger partial charge in [-0.15, -0.1) is 0 Å². The average molecular weight is 316 g/mol. The van der Waals surface area contributed by atoms with Crippen molar-refractivity contribution in [3.05, 3.63) is 54.1 Å². The van der Waals surface area contributed by atoms with Crippen molar-refractivity contribution in [1.29, 1.82) is 0 Å². The molecule has 5 nitrogen and oxygen atoms in total. The summed E-state index contributed by atoms with van der Waals surface area (Å²) in [4.78, 5) is 15.7. The molecule has 2 atom stereocenters. The van der Waals surface area contributed by atoms with Crippen molar-refractivity contribution < 1.29 is 18.7 Å². The van der Waals surface area contributed by atoms with Crippen molar-refractivity contribution in [1.82, 2.24) is 4.98 Å². The van der Waals surface area contributed by atoms with Crippen LogP contribution in [0.5, 0.6) is 5.75 Å². The van der Waals surface area contributed by atoms with E-state index in [0.717, 1.165) is 5.69 Å². The van der Waals surface area contributed by atoms with Crippen LogP contribution in [-0.2, 0) is 16.1 Å². The number of carbonyl (C=O) groups excluding carboxylic acids is 1. The maximum absolute atomic E-state index is 14.1. The van der Waals surface area contributed by atoms with Gasteiger partial charge in [0, 0.05) is 24.4 Å². The number of hydrogen-bond acceptors (Lipinski definition) is 5. The second-order valence-electron chi connectivity index (χ2n) is 5.44. The SMILES string of the molecule is C[C@H]1C[C@@H](Nc2ccc(OCc3ccccn3)c(F)c2)C(=O)O1. The van der Waals surface area contributed by atoms with Crippen LogP contribution in [-0.4, -0.2) is 23.1 Å². The van der Waals surface area contributed by atoms with Gasteiger partial charge in [0.25, 0.3) is 0 Å². The Morgan fingerprint density at radius 1 is 1.39 bits per heavy atom. The number of pyridine rings is 1. The van der Waals surface area contributed by atoms with Crippen molar-refractivity contribution in [3.8, 4) is 5.75 Å². The van der Waals surface area contributed by atoms with E-state index in [9.17, 15) is 9.18 Å². The minimum atomic E-state index is -0.495. The smallest absolute Gasteiger partial charge is 0.328 e. The Bertz CT molecular complexity index is 693. The summed E-state index contributed by atoms with van der Waals surface area (Å²) >= 11 is 0. The maximum atomic E-state index is 14.1. The summed E-state index contributed by atoms with van der Waals surface area (Å²) in [5, 5.41) is 2.98. The highest BCUT2D eigenvalue weighted by Crippen LogP contribution is 2.24. The first-order chi connectivity index (χ1) is 11.1. The summed E-state index contributed by atoms with van der Waals surface area (Å²) < 4.78 is 24.6. The van der Waals surface area contributed by atoms with E-state index in [2.05, 4.69) is 10.3 Å². The first-order valence-corrected chi connectivity index (χ1v) is 7.41. The fourth-order valence-electron chi connectivity index (χ4n) is 2.42. The van der Waals surface area contributed by atoms with E-state index in [-0.39, 0.29) is 24.4 Å². The molecule has 6 heteroatoms. The number of carbonyl (C=O) groups is 1. The number of cyclic esters (lactones) is 1. The Morgan fingerprint density at radius 2 is 2.26 bits per heavy atom. The Hall–Kier alpha value is -2.63. The lowest BCUT2D eigenvalue weighted by molar-refractivity contribution is -0.141. The highest BCUT2D eigenvalue weighted by Gasteiger charge is 2.31. The van der Waals surface area contributed by atoms with Crippen LogP contribution < -0.4 is 10.1 Å². The van der Waals surface area contributed by atoms with Gasteiger partial charge in [-0.05, 0) is 31.2 Å². The van der Waals surface area contributed by atoms with Crippen molar-refractivity contribution in [2.24, 2.45) is 0 Å². The molecular formula is C17H17FN2O3. The fraction of sp³-hybridized carbons (Fsp3) is 0.294. The minimum absolute atomic E-state index is 0.120. The first-order valence-electron chi connectivity index (χ1n) is 7.41. The standard InChI is InChI=1S/C17H17FN2O3/c1-11-8-15(17(21)23-11)20-12-5-6-16(14(18)9-12)22-10-13-4-2-3-7-19-13/h2-7,9,11,15,20H,8,10H2,1H3/t11-,15+/m0/s1. The van der Waals surface area contributed by atoms with Gasteiger partial charge >= 0.3 is 5.97 Å². The highest BCUT2D eigenvalue weighted by atomic mass is 19.1. The van der Waals surface area contributed by atoms with Gasteiger partial charge in [0.2, 0.25) is 0 Å². The number of aromatic nitrogens is 1. The molecule has 23 heavy (non-hydrogen) atoms. The van der Waals surface area contributed by atoms with Gasteiger partial charge in [0.15, 0.2) is 11.6 Å². The van der Waals surface area contributed by atoms with Gasteiger partial charge in [0.05, 0.1) is 5.69 Å². The molecule has 1 fully saturated rings. The predicted octanol–water partition coefficient (Wildman–Crippen LogP) is 2.92. The molecule has 0 spiro atoms. The quantitative estimate of drug-likeness (QED) is 0.860. The van der Waals surface area contributed by atoms with E-state index in [1.165, 1.54) is 12.1 Å². The summed E-state index contributed by atoms with van der Waals surface area (Å²) in [7, 11) is 0. The molecule has 1 N–H and O–H groups in total. The van der Waals surface area contributed by atoms with Crippen LogP contribution in [0.1, 0.15) is 19.0 Å². The number of nitrogens with one attached hydrogen (secondary N) is 1. The molecule has 1 aromatic carbocycles. The summed E-state index contributed by atoms with van der Waals surface area (Å²) in [6, 6.07) is 9.53. The van der Waals surface area contributed by atoms with Gasteiger partial charge in [-0.3, -0.25) is 4.98 Å². The molecule has 1 aliphatic heterocycles. The van der Waals surface area contributed by atoms with Crippen LogP contribution in [0.4, 0.5) is 10.1 Å². The van der Waals surface area contributed by atoms with Crippen LogP contribution in [0.15, 0.2) is 42.6 Å². The van der Waals surface area contributed by atoms with Crippen molar-refractivity contribution in [3.63, 3.8) is 0 Å². The lowest BCUT2D eigenvalue weighted by Crippen LogP contribution is -2.24. The summed E-state index contributed by atoms with van der Waals surface area (Å²) in [5.74, 6) is -0.665. The zero-order chi connectivity index (χ0) is 16.2. The molecular weight excluding hydrogens is 299 g/mol. The third-order valence-corrected chi connectivity index (χ3v) is 3.54. The summed E-state index contributed by atoms with van der Waals surface area (Å²) in [5.41, 5.74) is 1.24. The van der Waals surface area contributed by atoms with Crippen molar-refractivity contribution in [2.75, 3.05) is 5.32 Å². The fourth-order valence-corrected chi connectivity index (χ4v) is 2.42. The van der Waals surface area contributed by atoms with E-state index in [1.54, 1.807) is 24.4 Å². The largest absolute Gasteiger partial charge is 0.484 e. The number of halogens is 1. The number of anilines is 1. The number of rotatable bonds is 5. The molecule has 3 rings (SSSR count). The second-order valence-corrected chi connectivity index (χ2v) is 5.44. The molecule has 1 saturated heterocycles. The first kappa shape index (κ1) is 15.3. The molecule has 2 aromatic rings. The lowest BCUT2D eigenvalue weighted by Gasteiger charge is -2.12. The van der Waals surface area contributed by atoms with Crippen LogP contribution in [0.25, 0.3) is 0 Å². The van der Waals surface area contributed by atoms with Crippen molar-refractivity contribution in [2.45, 2.75) is 32.1 Å². The molecule has 2 heterocycles. The molecule has 120 valence electrons. The van der Waals surface area contributed by atoms with E-state index in [1.807, 2.05) is 13.0 Å². The maximum Gasteiger partial charge on any atom is 0.328 e. The topological polar surface area (TPSA) is 60.5 Å². The predicted molar refractivity (Wildman–Crippen MR) is 82.6 cm³/mol. The normalized spacial score (nSPS) is 20.2. The summed E-state index contributed by atoms with van der Waals surface area (Å²) in [6.45, 7) is 2.02. The minimum Gasteiger partial charge on any atom is -0.484 e. The van der Waals surface area contributed by atoms with E-state index in [0.29, 0.717) is 12.1 Å². The zero-order valence-corrected chi connectivity index (χ0v) is 12.7. The van der Waals surface area contributed by atoms with Crippen LogP contribution in [0.3, 0.4) is 0 Å². The van der Waals surface area contributed by atoms with Gasteiger partial charge < -0.3 is 14.8 Å². The Balaban J connectivity index is 1.63. The number of benzene rings is 1. The Labute approximate surface area is 133 Å². The van der Waals surface area contributed by atoms with Gasteiger partial charge in [-0.2, -0.15) is 0 Å². The van der Waals surface area contributed by atoms with E-state index < -0.39 is 11.9 Å². The highest BCUT2D eigenvalue weighted by molar-refractivity contribution is 5.81. The monoisotopic (exact) mass is 316 g/mol. The van der Waals surface area contributed by atoms with Gasteiger partial charge in [0.1, 0.15) is 18.8 Å². The number of nitrogens with zero attached hydrogens (tertiary/aromatic N) is 1. The molecule has 0 saturated carbocycles. The molecule has 1 aliphatic rings. The lowest BCUT2D eigenvalue weighted by atomic mass is 10.1. The Kier molecular flexibility index (Phi) is 4.41. The molecule has 0 radical (unpaired) electrons.